The number of aliphatic imine (C=N–C) groups is 1. The van der Waals surface area contributed by atoms with E-state index < -0.39 is 0 Å². The summed E-state index contributed by atoms with van der Waals surface area (Å²) in [6.45, 7) is 1.38. The third kappa shape index (κ3) is 7.62. The second-order valence-electron chi connectivity index (χ2n) is 5.77. The van der Waals surface area contributed by atoms with E-state index in [4.69, 9.17) is 9.47 Å². The highest BCUT2D eigenvalue weighted by Gasteiger charge is 2.05. The Kier molecular flexibility index (Phi) is 10.5. The van der Waals surface area contributed by atoms with Gasteiger partial charge in [0.1, 0.15) is 5.82 Å². The van der Waals surface area contributed by atoms with Crippen LogP contribution in [0.15, 0.2) is 47.5 Å². The summed E-state index contributed by atoms with van der Waals surface area (Å²) in [7, 11) is 5.00. The Bertz CT molecular complexity index is 724. The van der Waals surface area contributed by atoms with Crippen LogP contribution in [0, 0.1) is 5.82 Å². The Morgan fingerprint density at radius 1 is 0.963 bits per heavy atom. The lowest BCUT2D eigenvalue weighted by Crippen LogP contribution is -2.37. The summed E-state index contributed by atoms with van der Waals surface area (Å²) in [6, 6.07) is 12.4. The van der Waals surface area contributed by atoms with Crippen LogP contribution in [0.1, 0.15) is 17.5 Å². The maximum absolute atomic E-state index is 12.9. The largest absolute Gasteiger partial charge is 0.493 e. The van der Waals surface area contributed by atoms with Gasteiger partial charge in [-0.3, -0.25) is 4.99 Å². The molecule has 148 valence electrons. The van der Waals surface area contributed by atoms with Gasteiger partial charge in [-0.1, -0.05) is 18.2 Å². The molecule has 0 radical (unpaired) electrons. The van der Waals surface area contributed by atoms with E-state index in [1.165, 1.54) is 17.7 Å². The van der Waals surface area contributed by atoms with Crippen molar-refractivity contribution in [2.24, 2.45) is 4.99 Å². The number of benzene rings is 2. The average Bonchev–Trinajstić information content (AvgIpc) is 2.68. The quantitative estimate of drug-likeness (QED) is 0.258. The van der Waals surface area contributed by atoms with E-state index in [1.807, 2.05) is 18.2 Å². The number of methoxy groups -OCH3 is 2. The minimum Gasteiger partial charge on any atom is -0.493 e. The number of ether oxygens (including phenoxy) is 2. The van der Waals surface area contributed by atoms with Crippen molar-refractivity contribution >= 4 is 29.9 Å². The van der Waals surface area contributed by atoms with Crippen LogP contribution >= 0.6 is 24.0 Å². The molecule has 0 aliphatic carbocycles. The van der Waals surface area contributed by atoms with E-state index in [2.05, 4.69) is 15.6 Å². The van der Waals surface area contributed by atoms with Crippen molar-refractivity contribution in [3.8, 4) is 11.5 Å². The Morgan fingerprint density at radius 2 is 1.63 bits per heavy atom. The van der Waals surface area contributed by atoms with Gasteiger partial charge in [-0.25, -0.2) is 4.39 Å². The summed E-state index contributed by atoms with van der Waals surface area (Å²) in [4.78, 5) is 4.20. The second-order valence-corrected chi connectivity index (χ2v) is 5.77. The fraction of sp³-hybridized carbons (Fsp3) is 0.350. The van der Waals surface area contributed by atoms with Gasteiger partial charge >= 0.3 is 0 Å². The molecule has 0 saturated carbocycles. The van der Waals surface area contributed by atoms with Gasteiger partial charge in [-0.2, -0.15) is 0 Å². The first-order chi connectivity index (χ1) is 12.7. The molecule has 0 aliphatic rings. The Labute approximate surface area is 177 Å². The van der Waals surface area contributed by atoms with Gasteiger partial charge in [-0.05, 0) is 48.2 Å². The molecule has 2 aromatic carbocycles. The zero-order chi connectivity index (χ0) is 18.8. The van der Waals surface area contributed by atoms with E-state index in [9.17, 15) is 4.39 Å². The predicted molar refractivity (Wildman–Crippen MR) is 118 cm³/mol. The molecular formula is C20H27FIN3O2. The van der Waals surface area contributed by atoms with Gasteiger partial charge in [0, 0.05) is 20.1 Å². The lowest BCUT2D eigenvalue weighted by atomic mass is 10.1. The summed E-state index contributed by atoms with van der Waals surface area (Å²) >= 11 is 0. The van der Waals surface area contributed by atoms with Crippen LogP contribution in [0.4, 0.5) is 4.39 Å². The zero-order valence-electron chi connectivity index (χ0n) is 15.9. The van der Waals surface area contributed by atoms with Crippen molar-refractivity contribution in [2.45, 2.75) is 19.4 Å². The number of guanidine groups is 1. The molecule has 2 aromatic rings. The van der Waals surface area contributed by atoms with Crippen molar-refractivity contribution in [1.82, 2.24) is 10.6 Å². The van der Waals surface area contributed by atoms with Crippen molar-refractivity contribution in [2.75, 3.05) is 27.8 Å². The van der Waals surface area contributed by atoms with Crippen molar-refractivity contribution in [3.05, 3.63) is 59.4 Å². The molecule has 0 amide bonds. The van der Waals surface area contributed by atoms with Crippen molar-refractivity contribution < 1.29 is 13.9 Å². The van der Waals surface area contributed by atoms with Crippen LogP contribution in [0.3, 0.4) is 0 Å². The standard InChI is InChI=1S/C20H26FN3O2.HI/c1-22-20(24-14-16-6-9-17(21)10-7-16)23-12-4-5-15-8-11-18(25-2)19(13-15)26-3;/h6-11,13H,4-5,12,14H2,1-3H3,(H2,22,23,24);1H. The number of halogens is 2. The maximum Gasteiger partial charge on any atom is 0.191 e. The molecule has 0 saturated heterocycles. The van der Waals surface area contributed by atoms with Gasteiger partial charge in [0.25, 0.3) is 0 Å². The second kappa shape index (κ2) is 12.4. The van der Waals surface area contributed by atoms with Gasteiger partial charge in [-0.15, -0.1) is 24.0 Å². The molecule has 0 fully saturated rings. The molecule has 0 aliphatic heterocycles. The first-order valence-corrected chi connectivity index (χ1v) is 8.56. The van der Waals surface area contributed by atoms with Crippen LogP contribution in [0.25, 0.3) is 0 Å². The van der Waals surface area contributed by atoms with Crippen molar-refractivity contribution in [1.29, 1.82) is 0 Å². The van der Waals surface area contributed by atoms with Gasteiger partial charge in [0.05, 0.1) is 14.2 Å². The Balaban J connectivity index is 0.00000364. The average molecular weight is 487 g/mol. The summed E-state index contributed by atoms with van der Waals surface area (Å²) in [6.07, 6.45) is 1.87. The molecule has 2 rings (SSSR count). The zero-order valence-corrected chi connectivity index (χ0v) is 18.3. The molecule has 0 atom stereocenters. The molecule has 27 heavy (non-hydrogen) atoms. The highest BCUT2D eigenvalue weighted by Crippen LogP contribution is 2.27. The van der Waals surface area contributed by atoms with E-state index in [1.54, 1.807) is 33.4 Å². The number of rotatable bonds is 8. The summed E-state index contributed by atoms with van der Waals surface area (Å²) in [5.74, 6) is 1.97. The third-order valence-electron chi connectivity index (χ3n) is 3.98. The fourth-order valence-electron chi connectivity index (χ4n) is 2.54. The number of nitrogens with one attached hydrogen (secondary N) is 2. The van der Waals surface area contributed by atoms with E-state index >= 15 is 0 Å². The number of hydrogen-bond donors (Lipinski definition) is 2. The summed E-state index contributed by atoms with van der Waals surface area (Å²) in [5.41, 5.74) is 2.19. The Morgan fingerprint density at radius 3 is 2.26 bits per heavy atom. The van der Waals surface area contributed by atoms with E-state index in [-0.39, 0.29) is 29.8 Å². The number of aryl methyl sites for hydroxylation is 1. The summed E-state index contributed by atoms with van der Waals surface area (Å²) < 4.78 is 23.5. The third-order valence-corrected chi connectivity index (χ3v) is 3.98. The van der Waals surface area contributed by atoms with Gasteiger partial charge in [0.15, 0.2) is 17.5 Å². The lowest BCUT2D eigenvalue weighted by molar-refractivity contribution is 0.354. The topological polar surface area (TPSA) is 54.9 Å². The minimum atomic E-state index is -0.230. The van der Waals surface area contributed by atoms with E-state index in [0.717, 1.165) is 42.4 Å². The maximum atomic E-state index is 12.9. The molecule has 0 unspecified atom stereocenters. The molecule has 7 heteroatoms. The highest BCUT2D eigenvalue weighted by molar-refractivity contribution is 14.0. The van der Waals surface area contributed by atoms with Crippen LogP contribution in [0.2, 0.25) is 0 Å². The normalized spacial score (nSPS) is 10.7. The predicted octanol–water partition coefficient (Wildman–Crippen LogP) is 3.76. The summed E-state index contributed by atoms with van der Waals surface area (Å²) in [5, 5.41) is 6.50. The molecule has 0 heterocycles. The first kappa shape index (κ1) is 23.0. The van der Waals surface area contributed by atoms with Crippen LogP contribution in [-0.2, 0) is 13.0 Å². The Hall–Kier alpha value is -2.03. The monoisotopic (exact) mass is 487 g/mol. The SMILES string of the molecule is CN=C(NCCCc1ccc(OC)c(OC)c1)NCc1ccc(F)cc1.I. The molecule has 0 aromatic heterocycles. The lowest BCUT2D eigenvalue weighted by Gasteiger charge is -2.12. The van der Waals surface area contributed by atoms with E-state index in [0.29, 0.717) is 6.54 Å². The van der Waals surface area contributed by atoms with Gasteiger partial charge < -0.3 is 20.1 Å². The van der Waals surface area contributed by atoms with Gasteiger partial charge in [0.2, 0.25) is 0 Å². The fourth-order valence-corrected chi connectivity index (χ4v) is 2.54. The molecular weight excluding hydrogens is 460 g/mol. The van der Waals surface area contributed by atoms with Crippen LogP contribution < -0.4 is 20.1 Å². The highest BCUT2D eigenvalue weighted by atomic mass is 127. The number of hydrogen-bond acceptors (Lipinski definition) is 3. The minimum absolute atomic E-state index is 0. The van der Waals surface area contributed by atoms with Crippen LogP contribution in [0.5, 0.6) is 11.5 Å². The molecule has 0 spiro atoms. The first-order valence-electron chi connectivity index (χ1n) is 8.56. The number of nitrogens with zero attached hydrogens (tertiary/aromatic N) is 1. The molecule has 5 nitrogen and oxygen atoms in total. The van der Waals surface area contributed by atoms with Crippen LogP contribution in [-0.4, -0.2) is 33.8 Å². The molecule has 2 N–H and O–H groups in total. The smallest absolute Gasteiger partial charge is 0.191 e. The van der Waals surface area contributed by atoms with Crippen molar-refractivity contribution in [3.63, 3.8) is 0 Å². The molecule has 0 bridgehead atoms.